The van der Waals surface area contributed by atoms with Crippen molar-refractivity contribution < 1.29 is 23.0 Å². The van der Waals surface area contributed by atoms with Gasteiger partial charge >= 0.3 is 6.61 Å². The van der Waals surface area contributed by atoms with Gasteiger partial charge in [-0.25, -0.2) is 0 Å². The van der Waals surface area contributed by atoms with Crippen molar-refractivity contribution in [2.45, 2.75) is 12.7 Å². The van der Waals surface area contributed by atoms with E-state index in [-0.39, 0.29) is 17.3 Å². The molecule has 1 atom stereocenters. The summed E-state index contributed by atoms with van der Waals surface area (Å²) in [6.07, 6.45) is -1.12. The number of aliphatic imine (C=N–C) groups is 1. The molecule has 2 rings (SSSR count). The second kappa shape index (κ2) is 4.36. The lowest BCUT2D eigenvalue weighted by atomic mass is 10.1. The van der Waals surface area contributed by atoms with Gasteiger partial charge in [0.1, 0.15) is 5.75 Å². The number of para-hydroxylation sites is 1. The van der Waals surface area contributed by atoms with Crippen LogP contribution in [0.25, 0.3) is 0 Å². The highest BCUT2D eigenvalue weighted by molar-refractivity contribution is 5.98. The average Bonchev–Trinajstić information content (AvgIpc) is 2.58. The molecular weight excluding hydrogens is 234 g/mol. The van der Waals surface area contributed by atoms with Gasteiger partial charge in [-0.05, 0) is 6.07 Å². The number of carbonyl (C=O) groups is 1. The van der Waals surface area contributed by atoms with Crippen LogP contribution in [0.15, 0.2) is 29.3 Å². The fraction of sp³-hybridized carbons (Fsp3) is 0.200. The van der Waals surface area contributed by atoms with Crippen LogP contribution in [0.3, 0.4) is 0 Å². The number of rotatable bonds is 3. The Bertz CT molecular complexity index is 476. The molecule has 7 heteroatoms. The van der Waals surface area contributed by atoms with E-state index < -0.39 is 18.6 Å². The normalized spacial score (nSPS) is 19.1. The Morgan fingerprint density at radius 1 is 1.41 bits per heavy atom. The van der Waals surface area contributed by atoms with Crippen LogP contribution < -0.4 is 10.5 Å². The molecule has 1 aliphatic heterocycles. The van der Waals surface area contributed by atoms with Crippen molar-refractivity contribution in [3.63, 3.8) is 0 Å². The molecule has 17 heavy (non-hydrogen) atoms. The maximum absolute atomic E-state index is 12.2. The lowest BCUT2D eigenvalue weighted by Gasteiger charge is -2.13. The summed E-state index contributed by atoms with van der Waals surface area (Å²) in [6.45, 7) is -2.98. The van der Waals surface area contributed by atoms with E-state index in [0.29, 0.717) is 0 Å². The smallest absolute Gasteiger partial charge is 0.387 e. The molecule has 1 heterocycles. The molecule has 0 bridgehead atoms. The van der Waals surface area contributed by atoms with E-state index in [1.165, 1.54) is 18.2 Å². The summed E-state index contributed by atoms with van der Waals surface area (Å²) >= 11 is 0. The summed E-state index contributed by atoms with van der Waals surface area (Å²) in [5.74, 6) is -0.779. The van der Waals surface area contributed by atoms with Gasteiger partial charge in [0.2, 0.25) is 6.10 Å². The number of nitrogens with two attached hydrogens (primary N) is 1. The Balaban J connectivity index is 2.30. The minimum absolute atomic E-state index is 0.134. The Morgan fingerprint density at radius 2 is 2.12 bits per heavy atom. The first kappa shape index (κ1) is 11.3. The minimum atomic E-state index is -2.98. The number of amidine groups is 1. The van der Waals surface area contributed by atoms with E-state index in [2.05, 4.69) is 9.73 Å². The highest BCUT2D eigenvalue weighted by Gasteiger charge is 2.32. The van der Waals surface area contributed by atoms with Crippen LogP contribution in [-0.2, 0) is 9.53 Å². The van der Waals surface area contributed by atoms with Crippen LogP contribution in [0.2, 0.25) is 0 Å². The van der Waals surface area contributed by atoms with Crippen molar-refractivity contribution >= 4 is 11.9 Å². The summed E-state index contributed by atoms with van der Waals surface area (Å²) in [5, 5.41) is 0. The van der Waals surface area contributed by atoms with Crippen molar-refractivity contribution in [2.75, 3.05) is 0 Å². The van der Waals surface area contributed by atoms with Gasteiger partial charge < -0.3 is 15.2 Å². The van der Waals surface area contributed by atoms with E-state index in [0.717, 1.165) is 0 Å². The van der Waals surface area contributed by atoms with Gasteiger partial charge in [0.05, 0.1) is 0 Å². The molecule has 0 aliphatic carbocycles. The van der Waals surface area contributed by atoms with Gasteiger partial charge in [-0.1, -0.05) is 18.2 Å². The SMILES string of the molecule is NC1=NC(=O)C(c2ccccc2OC(F)F)O1. The van der Waals surface area contributed by atoms with E-state index in [1.54, 1.807) is 6.07 Å². The zero-order valence-electron chi connectivity index (χ0n) is 8.47. The number of hydrogen-bond acceptors (Lipinski definition) is 4. The van der Waals surface area contributed by atoms with Crippen molar-refractivity contribution in [2.24, 2.45) is 10.7 Å². The third-order valence-electron chi connectivity index (χ3n) is 2.10. The van der Waals surface area contributed by atoms with Crippen molar-refractivity contribution in [1.82, 2.24) is 0 Å². The van der Waals surface area contributed by atoms with Crippen LogP contribution in [0.4, 0.5) is 8.78 Å². The molecule has 1 amide bonds. The van der Waals surface area contributed by atoms with Crippen LogP contribution in [0.1, 0.15) is 11.7 Å². The van der Waals surface area contributed by atoms with Crippen molar-refractivity contribution in [1.29, 1.82) is 0 Å². The number of halogens is 2. The number of alkyl halides is 2. The molecule has 1 aliphatic rings. The third kappa shape index (κ3) is 2.32. The zero-order chi connectivity index (χ0) is 12.4. The molecule has 1 aromatic carbocycles. The molecule has 5 nitrogen and oxygen atoms in total. The summed E-state index contributed by atoms with van der Waals surface area (Å²) < 4.78 is 33.5. The van der Waals surface area contributed by atoms with Crippen LogP contribution >= 0.6 is 0 Å². The van der Waals surface area contributed by atoms with E-state index in [4.69, 9.17) is 10.5 Å². The van der Waals surface area contributed by atoms with E-state index in [1.807, 2.05) is 0 Å². The Labute approximate surface area is 94.8 Å². The number of hydrogen-bond donors (Lipinski definition) is 1. The Kier molecular flexibility index (Phi) is 2.90. The average molecular weight is 242 g/mol. The standard InChI is InChI=1S/C10H8F2N2O3/c11-9(12)16-6-4-2-1-3-5(6)7-8(15)14-10(13)17-7/h1-4,7,9H,(H2,13,14,15). The van der Waals surface area contributed by atoms with Gasteiger partial charge in [0, 0.05) is 5.56 Å². The van der Waals surface area contributed by atoms with Crippen molar-refractivity contribution in [3.05, 3.63) is 29.8 Å². The molecule has 0 saturated carbocycles. The molecule has 0 aromatic heterocycles. The first-order valence-corrected chi connectivity index (χ1v) is 4.66. The lowest BCUT2D eigenvalue weighted by Crippen LogP contribution is -2.15. The second-order valence-electron chi connectivity index (χ2n) is 3.20. The summed E-state index contributed by atoms with van der Waals surface area (Å²) in [6, 6.07) is 5.54. The van der Waals surface area contributed by atoms with Gasteiger partial charge in [0.15, 0.2) is 0 Å². The highest BCUT2D eigenvalue weighted by Crippen LogP contribution is 2.31. The first-order valence-electron chi connectivity index (χ1n) is 4.66. The van der Waals surface area contributed by atoms with Gasteiger partial charge in [0.25, 0.3) is 11.9 Å². The summed E-state index contributed by atoms with van der Waals surface area (Å²) in [5.41, 5.74) is 5.39. The molecule has 2 N–H and O–H groups in total. The van der Waals surface area contributed by atoms with Crippen molar-refractivity contribution in [3.8, 4) is 5.75 Å². The minimum Gasteiger partial charge on any atom is -0.446 e. The molecule has 0 spiro atoms. The third-order valence-corrected chi connectivity index (χ3v) is 2.10. The molecule has 0 radical (unpaired) electrons. The Hall–Kier alpha value is -2.18. The van der Waals surface area contributed by atoms with Crippen LogP contribution in [-0.4, -0.2) is 18.5 Å². The summed E-state index contributed by atoms with van der Waals surface area (Å²) in [4.78, 5) is 14.7. The number of benzene rings is 1. The molecule has 1 unspecified atom stereocenters. The molecule has 0 fully saturated rings. The predicted molar refractivity (Wildman–Crippen MR) is 53.5 cm³/mol. The lowest BCUT2D eigenvalue weighted by molar-refractivity contribution is -0.123. The first-order chi connectivity index (χ1) is 8.08. The highest BCUT2D eigenvalue weighted by atomic mass is 19.3. The largest absolute Gasteiger partial charge is 0.446 e. The number of ether oxygens (including phenoxy) is 2. The van der Waals surface area contributed by atoms with Gasteiger partial charge in [-0.3, -0.25) is 4.79 Å². The maximum Gasteiger partial charge on any atom is 0.387 e. The van der Waals surface area contributed by atoms with Crippen LogP contribution in [0, 0.1) is 0 Å². The molecule has 0 saturated heterocycles. The second-order valence-corrected chi connectivity index (χ2v) is 3.20. The monoisotopic (exact) mass is 242 g/mol. The number of nitrogens with zero attached hydrogens (tertiary/aromatic N) is 1. The fourth-order valence-electron chi connectivity index (χ4n) is 1.46. The van der Waals surface area contributed by atoms with E-state index >= 15 is 0 Å². The maximum atomic E-state index is 12.2. The van der Waals surface area contributed by atoms with E-state index in [9.17, 15) is 13.6 Å². The van der Waals surface area contributed by atoms with Crippen LogP contribution in [0.5, 0.6) is 5.75 Å². The topological polar surface area (TPSA) is 73.9 Å². The zero-order valence-corrected chi connectivity index (χ0v) is 8.47. The molecule has 1 aromatic rings. The predicted octanol–water partition coefficient (Wildman–Crippen LogP) is 1.20. The molecular formula is C10H8F2N2O3. The number of carbonyl (C=O) groups excluding carboxylic acids is 1. The van der Waals surface area contributed by atoms with Gasteiger partial charge in [-0.2, -0.15) is 13.8 Å². The van der Waals surface area contributed by atoms with Gasteiger partial charge in [-0.15, -0.1) is 0 Å². The Morgan fingerprint density at radius 3 is 2.71 bits per heavy atom. The summed E-state index contributed by atoms with van der Waals surface area (Å²) in [7, 11) is 0. The fourth-order valence-corrected chi connectivity index (χ4v) is 1.46. The quantitative estimate of drug-likeness (QED) is 0.864. The number of amides is 1. The molecule has 90 valence electrons.